The smallest absolute Gasteiger partial charge is 0.0406 e. The van der Waals surface area contributed by atoms with Crippen molar-refractivity contribution in [2.75, 3.05) is 6.26 Å². The Bertz CT molecular complexity index is 316. The molecule has 13 heavy (non-hydrogen) atoms. The van der Waals surface area contributed by atoms with Crippen molar-refractivity contribution in [2.24, 2.45) is 4.99 Å². The first-order chi connectivity index (χ1) is 6.27. The van der Waals surface area contributed by atoms with Crippen LogP contribution in [0, 0.1) is 0 Å². The minimum Gasteiger partial charge on any atom is -0.271 e. The maximum atomic E-state index is 5.77. The van der Waals surface area contributed by atoms with Gasteiger partial charge in [-0.2, -0.15) is 0 Å². The summed E-state index contributed by atoms with van der Waals surface area (Å²) >= 11 is 7.41. The van der Waals surface area contributed by atoms with Crippen molar-refractivity contribution < 1.29 is 0 Å². The van der Waals surface area contributed by atoms with Crippen LogP contribution in [-0.2, 0) is 0 Å². The molecule has 0 atom stereocenters. The largest absolute Gasteiger partial charge is 0.271 e. The molecule has 3 heteroatoms. The van der Waals surface area contributed by atoms with Crippen LogP contribution in [0.4, 0.5) is 0 Å². The van der Waals surface area contributed by atoms with Crippen molar-refractivity contribution in [1.82, 2.24) is 0 Å². The Morgan fingerprint density at radius 1 is 1.46 bits per heavy atom. The van der Waals surface area contributed by atoms with E-state index in [2.05, 4.69) is 11.7 Å². The zero-order chi connectivity index (χ0) is 9.68. The Morgan fingerprint density at radius 3 is 2.54 bits per heavy atom. The van der Waals surface area contributed by atoms with Gasteiger partial charge >= 0.3 is 0 Å². The second-order valence-electron chi connectivity index (χ2n) is 2.39. The highest BCUT2D eigenvalue weighted by Gasteiger charge is 1.98. The second-order valence-corrected chi connectivity index (χ2v) is 3.67. The van der Waals surface area contributed by atoms with Gasteiger partial charge in [-0.05, 0) is 30.7 Å². The normalized spacial score (nSPS) is 11.4. The lowest BCUT2D eigenvalue weighted by Gasteiger charge is -2.02. The summed E-state index contributed by atoms with van der Waals surface area (Å²) in [5, 5.41) is 0.746. The van der Waals surface area contributed by atoms with Crippen molar-refractivity contribution in [3.63, 3.8) is 0 Å². The number of benzene rings is 1. The number of hydrogen-bond donors (Lipinski definition) is 0. The lowest BCUT2D eigenvalue weighted by atomic mass is 10.2. The van der Waals surface area contributed by atoms with E-state index in [9.17, 15) is 0 Å². The van der Waals surface area contributed by atoms with Crippen molar-refractivity contribution >= 4 is 35.0 Å². The molecule has 0 radical (unpaired) electrons. The van der Waals surface area contributed by atoms with Gasteiger partial charge in [0.15, 0.2) is 0 Å². The van der Waals surface area contributed by atoms with Crippen LogP contribution >= 0.6 is 23.4 Å². The quantitative estimate of drug-likeness (QED) is 0.695. The van der Waals surface area contributed by atoms with E-state index in [1.54, 1.807) is 18.0 Å². The third-order valence-corrected chi connectivity index (χ3v) is 2.59. The van der Waals surface area contributed by atoms with Gasteiger partial charge in [-0.3, -0.25) is 4.99 Å². The zero-order valence-corrected chi connectivity index (χ0v) is 8.90. The fourth-order valence-electron chi connectivity index (χ4n) is 0.942. The molecule has 0 bridgehead atoms. The highest BCUT2D eigenvalue weighted by Crippen LogP contribution is 2.25. The van der Waals surface area contributed by atoms with Crippen LogP contribution in [0.15, 0.2) is 35.5 Å². The van der Waals surface area contributed by atoms with Gasteiger partial charge < -0.3 is 0 Å². The van der Waals surface area contributed by atoms with Gasteiger partial charge in [0.25, 0.3) is 0 Å². The monoisotopic (exact) mass is 211 g/mol. The van der Waals surface area contributed by atoms with E-state index in [1.165, 1.54) is 0 Å². The van der Waals surface area contributed by atoms with E-state index >= 15 is 0 Å². The van der Waals surface area contributed by atoms with Gasteiger partial charge in [0.05, 0.1) is 0 Å². The molecule has 1 aromatic rings. The van der Waals surface area contributed by atoms with E-state index in [0.717, 1.165) is 15.5 Å². The fraction of sp³-hybridized carbons (Fsp3) is 0.100. The molecule has 0 N–H and O–H groups in total. The minimum absolute atomic E-state index is 0.746. The average Bonchev–Trinajstić information content (AvgIpc) is 2.16. The number of aliphatic imine (C=N–C) groups is 1. The first kappa shape index (κ1) is 10.4. The molecular weight excluding hydrogens is 202 g/mol. The molecule has 68 valence electrons. The van der Waals surface area contributed by atoms with Crippen molar-refractivity contribution in [3.05, 3.63) is 41.1 Å². The van der Waals surface area contributed by atoms with Gasteiger partial charge in [0, 0.05) is 16.1 Å². The summed E-state index contributed by atoms with van der Waals surface area (Å²) in [7, 11) is 0. The topological polar surface area (TPSA) is 12.4 Å². The van der Waals surface area contributed by atoms with Crippen LogP contribution < -0.4 is 0 Å². The lowest BCUT2D eigenvalue weighted by Crippen LogP contribution is -1.77. The molecule has 1 rings (SSSR count). The molecule has 0 aromatic heterocycles. The van der Waals surface area contributed by atoms with Gasteiger partial charge in [0.2, 0.25) is 0 Å². The molecule has 1 nitrogen and oxygen atoms in total. The summed E-state index contributed by atoms with van der Waals surface area (Å²) in [5.41, 5.74) is 1.12. The van der Waals surface area contributed by atoms with E-state index in [4.69, 9.17) is 11.6 Å². The van der Waals surface area contributed by atoms with E-state index < -0.39 is 0 Å². The number of rotatable bonds is 3. The third kappa shape index (κ3) is 2.90. The molecule has 0 heterocycles. The van der Waals surface area contributed by atoms with Crippen LogP contribution in [0.2, 0.25) is 5.02 Å². The molecule has 0 saturated heterocycles. The highest BCUT2D eigenvalue weighted by atomic mass is 35.5. The van der Waals surface area contributed by atoms with E-state index in [-0.39, 0.29) is 0 Å². The molecule has 0 spiro atoms. The molecular formula is C10H10ClNS. The average molecular weight is 212 g/mol. The van der Waals surface area contributed by atoms with Gasteiger partial charge in [-0.25, -0.2) is 0 Å². The maximum absolute atomic E-state index is 5.77. The van der Waals surface area contributed by atoms with Crippen LogP contribution in [0.1, 0.15) is 5.56 Å². The van der Waals surface area contributed by atoms with Gasteiger partial charge in [-0.1, -0.05) is 23.7 Å². The van der Waals surface area contributed by atoms with Crippen LogP contribution in [0.3, 0.4) is 0 Å². The molecule has 1 aromatic carbocycles. The fourth-order valence-corrected chi connectivity index (χ4v) is 1.62. The van der Waals surface area contributed by atoms with Crippen LogP contribution in [0.5, 0.6) is 0 Å². The number of thioether (sulfide) groups is 1. The third-order valence-electron chi connectivity index (χ3n) is 1.56. The first-order valence-electron chi connectivity index (χ1n) is 3.74. The number of hydrogen-bond acceptors (Lipinski definition) is 2. The summed E-state index contributed by atoms with van der Waals surface area (Å²) in [5.74, 6) is 0. The first-order valence-corrected chi connectivity index (χ1v) is 5.34. The van der Waals surface area contributed by atoms with Crippen molar-refractivity contribution in [3.8, 4) is 0 Å². The standard InChI is InChI=1S/C10H10ClNS/c1-12-7-10(13-2)8-3-5-9(11)6-4-8/h3-7H,1H2,2H3/b10-7-. The summed E-state index contributed by atoms with van der Waals surface area (Å²) in [6.45, 7) is 3.43. The molecule has 0 saturated carbocycles. The minimum atomic E-state index is 0.746. The second kappa shape index (κ2) is 5.10. The zero-order valence-electron chi connectivity index (χ0n) is 7.33. The van der Waals surface area contributed by atoms with Crippen molar-refractivity contribution in [2.45, 2.75) is 0 Å². The SMILES string of the molecule is C=N/C=C(\SC)c1ccc(Cl)cc1. The molecule has 0 aliphatic carbocycles. The highest BCUT2D eigenvalue weighted by molar-refractivity contribution is 8.07. The van der Waals surface area contributed by atoms with Crippen molar-refractivity contribution in [1.29, 1.82) is 0 Å². The molecule has 0 amide bonds. The Kier molecular flexibility index (Phi) is 4.06. The maximum Gasteiger partial charge on any atom is 0.0406 e. The van der Waals surface area contributed by atoms with E-state index in [0.29, 0.717) is 0 Å². The number of nitrogens with zero attached hydrogens (tertiary/aromatic N) is 1. The molecule has 0 aliphatic heterocycles. The van der Waals surface area contributed by atoms with Gasteiger partial charge in [0.1, 0.15) is 0 Å². The van der Waals surface area contributed by atoms with E-state index in [1.807, 2.05) is 30.5 Å². The Balaban J connectivity index is 2.99. The lowest BCUT2D eigenvalue weighted by molar-refractivity contribution is 1.59. The van der Waals surface area contributed by atoms with Crippen LogP contribution in [0.25, 0.3) is 4.91 Å². The predicted octanol–water partition coefficient (Wildman–Crippen LogP) is 3.70. The molecule has 0 aliphatic rings. The van der Waals surface area contributed by atoms with Crippen LogP contribution in [-0.4, -0.2) is 13.0 Å². The summed E-state index contributed by atoms with van der Waals surface area (Å²) < 4.78 is 0. The number of halogens is 1. The summed E-state index contributed by atoms with van der Waals surface area (Å²) in [4.78, 5) is 4.83. The molecule has 0 unspecified atom stereocenters. The Labute approximate surface area is 87.5 Å². The molecule has 0 fully saturated rings. The summed E-state index contributed by atoms with van der Waals surface area (Å²) in [6.07, 6.45) is 3.75. The Morgan fingerprint density at radius 2 is 2.08 bits per heavy atom. The Hall–Kier alpha value is -0.730. The van der Waals surface area contributed by atoms with Gasteiger partial charge in [-0.15, -0.1) is 11.8 Å². The summed E-state index contributed by atoms with van der Waals surface area (Å²) in [6, 6.07) is 7.67. The predicted molar refractivity (Wildman–Crippen MR) is 62.5 cm³/mol.